The highest BCUT2D eigenvalue weighted by Crippen LogP contribution is 2.29. The van der Waals surface area contributed by atoms with Crippen LogP contribution in [0, 0.1) is 5.82 Å². The van der Waals surface area contributed by atoms with Crippen molar-refractivity contribution >= 4 is 5.97 Å². The largest absolute Gasteiger partial charge is 0.490 e. The highest BCUT2D eigenvalue weighted by molar-refractivity contribution is 5.69. The number of ether oxygens (including phenoxy) is 2. The Hall–Kier alpha value is -1.58. The predicted molar refractivity (Wildman–Crippen MR) is 55.8 cm³/mol. The molecule has 0 spiro atoms. The number of carbonyl (C=O) groups excluding carboxylic acids is 1. The van der Waals surface area contributed by atoms with Gasteiger partial charge in [-0.1, -0.05) is 0 Å². The van der Waals surface area contributed by atoms with Crippen molar-refractivity contribution < 1.29 is 18.7 Å². The van der Waals surface area contributed by atoms with Crippen LogP contribution in [-0.2, 0) is 16.0 Å². The summed E-state index contributed by atoms with van der Waals surface area (Å²) in [5.74, 6) is 0.130. The maximum absolute atomic E-state index is 12.9. The number of esters is 1. The number of hydrogen-bond acceptors (Lipinski definition) is 3. The SMILES string of the molecule is COC(=O)CC1CCc2cc(F)ccc2O1. The lowest BCUT2D eigenvalue weighted by atomic mass is 10.0. The van der Waals surface area contributed by atoms with Gasteiger partial charge in [0.1, 0.15) is 17.7 Å². The van der Waals surface area contributed by atoms with Gasteiger partial charge < -0.3 is 9.47 Å². The summed E-state index contributed by atoms with van der Waals surface area (Å²) in [5.41, 5.74) is 0.862. The topological polar surface area (TPSA) is 35.5 Å². The zero-order valence-corrected chi connectivity index (χ0v) is 9.03. The van der Waals surface area contributed by atoms with Gasteiger partial charge in [0, 0.05) is 0 Å². The van der Waals surface area contributed by atoms with E-state index in [-0.39, 0.29) is 24.3 Å². The quantitative estimate of drug-likeness (QED) is 0.721. The molecule has 0 aromatic heterocycles. The second-order valence-electron chi connectivity index (χ2n) is 3.81. The fourth-order valence-electron chi connectivity index (χ4n) is 1.83. The van der Waals surface area contributed by atoms with E-state index < -0.39 is 0 Å². The van der Waals surface area contributed by atoms with E-state index >= 15 is 0 Å². The van der Waals surface area contributed by atoms with Crippen LogP contribution in [0.5, 0.6) is 5.75 Å². The van der Waals surface area contributed by atoms with E-state index in [0.717, 1.165) is 12.0 Å². The van der Waals surface area contributed by atoms with Crippen molar-refractivity contribution in [1.29, 1.82) is 0 Å². The first-order chi connectivity index (χ1) is 7.69. The zero-order chi connectivity index (χ0) is 11.5. The normalized spacial score (nSPS) is 18.5. The Bertz CT molecular complexity index is 403. The number of fused-ring (bicyclic) bond motifs is 1. The summed E-state index contributed by atoms with van der Waals surface area (Å²) in [4.78, 5) is 11.1. The highest BCUT2D eigenvalue weighted by atomic mass is 19.1. The second kappa shape index (κ2) is 4.51. The maximum Gasteiger partial charge on any atom is 0.309 e. The lowest BCUT2D eigenvalue weighted by molar-refractivity contribution is -0.142. The van der Waals surface area contributed by atoms with Crippen LogP contribution in [0.4, 0.5) is 4.39 Å². The highest BCUT2D eigenvalue weighted by Gasteiger charge is 2.22. The van der Waals surface area contributed by atoms with Crippen LogP contribution in [-0.4, -0.2) is 19.2 Å². The molecule has 0 bridgehead atoms. The molecule has 4 heteroatoms. The van der Waals surface area contributed by atoms with E-state index in [1.807, 2.05) is 0 Å². The molecule has 0 amide bonds. The van der Waals surface area contributed by atoms with Crippen LogP contribution in [0.25, 0.3) is 0 Å². The molecule has 0 radical (unpaired) electrons. The molecule has 0 saturated heterocycles. The van der Waals surface area contributed by atoms with Gasteiger partial charge in [-0.05, 0) is 36.6 Å². The minimum Gasteiger partial charge on any atom is -0.490 e. The number of halogens is 1. The minimum absolute atomic E-state index is 0.162. The number of rotatable bonds is 2. The fourth-order valence-corrected chi connectivity index (χ4v) is 1.83. The Morgan fingerprint density at radius 2 is 2.44 bits per heavy atom. The van der Waals surface area contributed by atoms with Crippen LogP contribution in [0.15, 0.2) is 18.2 Å². The van der Waals surface area contributed by atoms with Gasteiger partial charge >= 0.3 is 5.97 Å². The molecule has 1 aliphatic rings. The Morgan fingerprint density at radius 3 is 3.19 bits per heavy atom. The third kappa shape index (κ3) is 2.32. The van der Waals surface area contributed by atoms with Crippen molar-refractivity contribution in [1.82, 2.24) is 0 Å². The standard InChI is InChI=1S/C12H13FO3/c1-15-12(14)7-10-4-2-8-6-9(13)3-5-11(8)16-10/h3,5-6,10H,2,4,7H2,1H3. The van der Waals surface area contributed by atoms with Gasteiger partial charge in [0.25, 0.3) is 0 Å². The average Bonchev–Trinajstić information content (AvgIpc) is 2.29. The molecule has 1 unspecified atom stereocenters. The van der Waals surface area contributed by atoms with Gasteiger partial charge in [-0.3, -0.25) is 4.79 Å². The molecule has 0 fully saturated rings. The molecular formula is C12H13FO3. The molecule has 16 heavy (non-hydrogen) atoms. The zero-order valence-electron chi connectivity index (χ0n) is 9.03. The smallest absolute Gasteiger partial charge is 0.309 e. The minimum atomic E-state index is -0.282. The van der Waals surface area contributed by atoms with Crippen molar-refractivity contribution in [3.63, 3.8) is 0 Å². The third-order valence-corrected chi connectivity index (χ3v) is 2.67. The average molecular weight is 224 g/mol. The summed E-state index contributed by atoms with van der Waals surface area (Å²) in [6.07, 6.45) is 1.53. The number of methoxy groups -OCH3 is 1. The van der Waals surface area contributed by atoms with Crippen LogP contribution < -0.4 is 4.74 Å². The van der Waals surface area contributed by atoms with Crippen molar-refractivity contribution in [2.45, 2.75) is 25.4 Å². The van der Waals surface area contributed by atoms with Gasteiger partial charge in [-0.15, -0.1) is 0 Å². The van der Waals surface area contributed by atoms with E-state index in [9.17, 15) is 9.18 Å². The van der Waals surface area contributed by atoms with Crippen molar-refractivity contribution in [2.75, 3.05) is 7.11 Å². The van der Waals surface area contributed by atoms with Crippen LogP contribution in [0.2, 0.25) is 0 Å². The lowest BCUT2D eigenvalue weighted by Crippen LogP contribution is -2.26. The Labute approximate surface area is 93.2 Å². The summed E-state index contributed by atoms with van der Waals surface area (Å²) in [6, 6.07) is 4.44. The molecule has 0 N–H and O–H groups in total. The van der Waals surface area contributed by atoms with E-state index in [4.69, 9.17) is 4.74 Å². The van der Waals surface area contributed by atoms with Crippen LogP contribution in [0.3, 0.4) is 0 Å². The number of benzene rings is 1. The van der Waals surface area contributed by atoms with E-state index in [1.54, 1.807) is 6.07 Å². The van der Waals surface area contributed by atoms with Crippen LogP contribution in [0.1, 0.15) is 18.4 Å². The first-order valence-electron chi connectivity index (χ1n) is 5.21. The summed E-state index contributed by atoms with van der Waals surface area (Å²) < 4.78 is 23.1. The summed E-state index contributed by atoms with van der Waals surface area (Å²) in [7, 11) is 1.36. The number of aryl methyl sites for hydroxylation is 1. The molecule has 3 nitrogen and oxygen atoms in total. The lowest BCUT2D eigenvalue weighted by Gasteiger charge is -2.25. The molecule has 1 atom stereocenters. The molecular weight excluding hydrogens is 211 g/mol. The summed E-state index contributed by atoms with van der Waals surface area (Å²) in [6.45, 7) is 0. The van der Waals surface area contributed by atoms with Crippen molar-refractivity contribution in [3.05, 3.63) is 29.6 Å². The molecule has 2 rings (SSSR count). The Kier molecular flexibility index (Phi) is 3.08. The molecule has 86 valence electrons. The molecule has 1 aromatic rings. The predicted octanol–water partition coefficient (Wildman–Crippen LogP) is 2.08. The third-order valence-electron chi connectivity index (χ3n) is 2.67. The maximum atomic E-state index is 12.9. The second-order valence-corrected chi connectivity index (χ2v) is 3.81. The van der Waals surface area contributed by atoms with Crippen molar-refractivity contribution in [2.24, 2.45) is 0 Å². The van der Waals surface area contributed by atoms with E-state index in [2.05, 4.69) is 4.74 Å². The Balaban J connectivity index is 2.06. The first-order valence-corrected chi connectivity index (χ1v) is 5.21. The van der Waals surface area contributed by atoms with Gasteiger partial charge in [0.15, 0.2) is 0 Å². The number of hydrogen-bond donors (Lipinski definition) is 0. The molecule has 1 heterocycles. The van der Waals surface area contributed by atoms with E-state index in [1.165, 1.54) is 19.2 Å². The van der Waals surface area contributed by atoms with Gasteiger partial charge in [-0.2, -0.15) is 0 Å². The molecule has 1 aliphatic heterocycles. The van der Waals surface area contributed by atoms with Gasteiger partial charge in [-0.25, -0.2) is 4.39 Å². The summed E-state index contributed by atoms with van der Waals surface area (Å²) in [5, 5.41) is 0. The summed E-state index contributed by atoms with van der Waals surface area (Å²) >= 11 is 0. The van der Waals surface area contributed by atoms with Crippen molar-refractivity contribution in [3.8, 4) is 5.75 Å². The van der Waals surface area contributed by atoms with Gasteiger partial charge in [0.05, 0.1) is 13.5 Å². The van der Waals surface area contributed by atoms with E-state index in [0.29, 0.717) is 12.2 Å². The molecule has 0 saturated carbocycles. The molecule has 1 aromatic carbocycles. The number of carbonyl (C=O) groups is 1. The van der Waals surface area contributed by atoms with Crippen LogP contribution >= 0.6 is 0 Å². The Morgan fingerprint density at radius 1 is 1.62 bits per heavy atom. The fraction of sp³-hybridized carbons (Fsp3) is 0.417. The molecule has 0 aliphatic carbocycles. The first kappa shape index (κ1) is 10.9. The monoisotopic (exact) mass is 224 g/mol. The van der Waals surface area contributed by atoms with Gasteiger partial charge in [0.2, 0.25) is 0 Å².